The van der Waals surface area contributed by atoms with Crippen LogP contribution in [-0.4, -0.2) is 57.3 Å². The molecule has 170 valence electrons. The van der Waals surface area contributed by atoms with E-state index in [1.165, 1.54) is 18.5 Å². The Kier molecular flexibility index (Phi) is 5.36. The summed E-state index contributed by atoms with van der Waals surface area (Å²) < 4.78 is 39.9. The Morgan fingerprint density at radius 1 is 1.06 bits per heavy atom. The van der Waals surface area contributed by atoms with Crippen LogP contribution in [0.25, 0.3) is 11.2 Å². The van der Waals surface area contributed by atoms with Gasteiger partial charge in [0.1, 0.15) is 12.1 Å². The summed E-state index contributed by atoms with van der Waals surface area (Å²) in [6, 6.07) is 5.70. The smallest absolute Gasteiger partial charge is 0.225 e. The highest BCUT2D eigenvalue weighted by Crippen LogP contribution is 2.30. The molecular weight excluding hydrogens is 447 g/mol. The molecule has 0 saturated carbocycles. The number of benzene rings is 1. The van der Waals surface area contributed by atoms with E-state index in [0.29, 0.717) is 17.0 Å². The minimum absolute atomic E-state index is 0.0880. The first-order valence-electron chi connectivity index (χ1n) is 10.4. The Morgan fingerprint density at radius 3 is 2.52 bits per heavy atom. The number of imidazole rings is 1. The number of piperidine rings is 1. The van der Waals surface area contributed by atoms with Crippen LogP contribution in [0, 0.1) is 5.82 Å². The molecule has 0 aliphatic carbocycles. The molecule has 1 fully saturated rings. The fourth-order valence-corrected chi connectivity index (χ4v) is 4.60. The minimum Gasteiger partial charge on any atom is -0.341 e. The van der Waals surface area contributed by atoms with Gasteiger partial charge in [0.15, 0.2) is 26.8 Å². The lowest BCUT2D eigenvalue weighted by molar-refractivity contribution is 0.399. The maximum atomic E-state index is 14.5. The normalized spacial score (nSPS) is 15.2. The standard InChI is InChI=1S/C21H21FN8O2S/c1-33(31,32)15-3-4-17(16(22)11-15)28-19-18-20(26-12-25-19)30(13-27-18)14-5-9-29(10-6-14)21-23-7-2-8-24-21/h2-4,7-8,11-14H,5-6,9-10H2,1H3,(H,25,26,28). The van der Waals surface area contributed by atoms with Crippen molar-refractivity contribution in [2.75, 3.05) is 29.6 Å². The van der Waals surface area contributed by atoms with Crippen LogP contribution in [0.4, 0.5) is 21.8 Å². The predicted octanol–water partition coefficient (Wildman–Crippen LogP) is 2.74. The number of nitrogens with zero attached hydrogens (tertiary/aromatic N) is 7. The summed E-state index contributed by atoms with van der Waals surface area (Å²) in [5.41, 5.74) is 1.26. The lowest BCUT2D eigenvalue weighted by atomic mass is 10.1. The van der Waals surface area contributed by atoms with E-state index in [1.54, 1.807) is 24.8 Å². The third-order valence-corrected chi connectivity index (χ3v) is 6.78. The fraction of sp³-hybridized carbons (Fsp3) is 0.286. The molecule has 1 aliphatic heterocycles. The molecule has 12 heteroatoms. The summed E-state index contributed by atoms with van der Waals surface area (Å²) >= 11 is 0. The van der Waals surface area contributed by atoms with Crippen LogP contribution in [0.1, 0.15) is 18.9 Å². The van der Waals surface area contributed by atoms with Gasteiger partial charge in [-0.3, -0.25) is 0 Å². The first-order valence-corrected chi connectivity index (χ1v) is 12.3. The van der Waals surface area contributed by atoms with Gasteiger partial charge in [-0.15, -0.1) is 0 Å². The van der Waals surface area contributed by atoms with Gasteiger partial charge in [-0.2, -0.15) is 0 Å². The number of rotatable bonds is 5. The topological polar surface area (TPSA) is 119 Å². The van der Waals surface area contributed by atoms with Crippen LogP contribution in [0.5, 0.6) is 0 Å². The summed E-state index contributed by atoms with van der Waals surface area (Å²) in [4.78, 5) is 23.8. The van der Waals surface area contributed by atoms with Crippen molar-refractivity contribution in [3.05, 3.63) is 55.1 Å². The maximum Gasteiger partial charge on any atom is 0.225 e. The van der Waals surface area contributed by atoms with Crippen molar-refractivity contribution >= 4 is 38.5 Å². The number of sulfone groups is 1. The minimum atomic E-state index is -3.50. The summed E-state index contributed by atoms with van der Waals surface area (Å²) in [6.07, 6.45) is 9.39. The van der Waals surface area contributed by atoms with Crippen LogP contribution in [0.15, 0.2) is 54.2 Å². The Labute approximate surface area is 189 Å². The zero-order chi connectivity index (χ0) is 23.0. The summed E-state index contributed by atoms with van der Waals surface area (Å²) in [5, 5.41) is 2.92. The molecule has 1 aromatic carbocycles. The van der Waals surface area contributed by atoms with Crippen LogP contribution in [-0.2, 0) is 9.84 Å². The monoisotopic (exact) mass is 468 g/mol. The molecule has 1 N–H and O–H groups in total. The van der Waals surface area contributed by atoms with Gasteiger partial charge in [0.05, 0.1) is 16.9 Å². The van der Waals surface area contributed by atoms with Crippen LogP contribution >= 0.6 is 0 Å². The lowest BCUT2D eigenvalue weighted by Gasteiger charge is -2.32. The predicted molar refractivity (Wildman–Crippen MR) is 121 cm³/mol. The molecule has 0 atom stereocenters. The summed E-state index contributed by atoms with van der Waals surface area (Å²) in [7, 11) is -3.50. The van der Waals surface area contributed by atoms with E-state index in [9.17, 15) is 12.8 Å². The van der Waals surface area contributed by atoms with E-state index in [4.69, 9.17) is 0 Å². The molecule has 0 spiro atoms. The van der Waals surface area contributed by atoms with E-state index < -0.39 is 15.7 Å². The first-order chi connectivity index (χ1) is 15.9. The average Bonchev–Trinajstić information content (AvgIpc) is 3.25. The molecule has 0 radical (unpaired) electrons. The lowest BCUT2D eigenvalue weighted by Crippen LogP contribution is -2.35. The van der Waals surface area contributed by atoms with Crippen LogP contribution in [0.3, 0.4) is 0 Å². The van der Waals surface area contributed by atoms with E-state index in [2.05, 4.69) is 35.1 Å². The van der Waals surface area contributed by atoms with Crippen molar-refractivity contribution in [3.63, 3.8) is 0 Å². The van der Waals surface area contributed by atoms with Crippen molar-refractivity contribution in [1.82, 2.24) is 29.5 Å². The Morgan fingerprint density at radius 2 is 1.82 bits per heavy atom. The zero-order valence-electron chi connectivity index (χ0n) is 17.8. The summed E-state index contributed by atoms with van der Waals surface area (Å²) in [5.74, 6) is 0.378. The molecule has 4 aromatic rings. The third kappa shape index (κ3) is 4.21. The molecule has 5 rings (SSSR count). The maximum absolute atomic E-state index is 14.5. The number of hydrogen-bond acceptors (Lipinski definition) is 9. The molecule has 0 bridgehead atoms. The first kappa shape index (κ1) is 21.2. The second-order valence-corrected chi connectivity index (χ2v) is 9.87. The van der Waals surface area contributed by atoms with Gasteiger partial charge >= 0.3 is 0 Å². The van der Waals surface area contributed by atoms with Gasteiger partial charge in [-0.05, 0) is 37.1 Å². The highest BCUT2D eigenvalue weighted by atomic mass is 32.2. The number of halogens is 1. The molecule has 1 aliphatic rings. The molecule has 4 heterocycles. The number of fused-ring (bicyclic) bond motifs is 1. The van der Waals surface area contributed by atoms with Gasteiger partial charge in [0.2, 0.25) is 5.95 Å². The molecule has 33 heavy (non-hydrogen) atoms. The van der Waals surface area contributed by atoms with Crippen molar-refractivity contribution in [2.24, 2.45) is 0 Å². The van der Waals surface area contributed by atoms with Gasteiger partial charge in [-0.1, -0.05) is 0 Å². The molecule has 10 nitrogen and oxygen atoms in total. The third-order valence-electron chi connectivity index (χ3n) is 5.67. The van der Waals surface area contributed by atoms with E-state index in [-0.39, 0.29) is 16.6 Å². The second kappa shape index (κ2) is 8.35. The molecular formula is C21H21FN8O2S. The van der Waals surface area contributed by atoms with Gasteiger partial charge in [-0.25, -0.2) is 37.7 Å². The summed E-state index contributed by atoms with van der Waals surface area (Å²) in [6.45, 7) is 1.62. The highest BCUT2D eigenvalue weighted by Gasteiger charge is 2.24. The Hall–Kier alpha value is -3.67. The number of anilines is 3. The molecule has 0 unspecified atom stereocenters. The quantitative estimate of drug-likeness (QED) is 0.471. The van der Waals surface area contributed by atoms with Crippen LogP contribution in [0.2, 0.25) is 0 Å². The van der Waals surface area contributed by atoms with Crippen molar-refractivity contribution < 1.29 is 12.8 Å². The Balaban J connectivity index is 1.37. The average molecular weight is 469 g/mol. The number of aromatic nitrogens is 6. The fourth-order valence-electron chi connectivity index (χ4n) is 3.96. The van der Waals surface area contributed by atoms with Crippen LogP contribution < -0.4 is 10.2 Å². The largest absolute Gasteiger partial charge is 0.341 e. The number of hydrogen-bond donors (Lipinski definition) is 1. The van der Waals surface area contributed by atoms with Gasteiger partial charge in [0, 0.05) is 37.8 Å². The molecule has 3 aromatic heterocycles. The van der Waals surface area contributed by atoms with Crippen molar-refractivity contribution in [3.8, 4) is 0 Å². The molecule has 0 amide bonds. The zero-order valence-corrected chi connectivity index (χ0v) is 18.6. The highest BCUT2D eigenvalue weighted by molar-refractivity contribution is 7.90. The Bertz CT molecular complexity index is 1400. The second-order valence-electron chi connectivity index (χ2n) is 7.85. The SMILES string of the molecule is CS(=O)(=O)c1ccc(Nc2ncnc3c2ncn3C2CCN(c3ncccn3)CC2)c(F)c1. The van der Waals surface area contributed by atoms with E-state index in [0.717, 1.165) is 44.2 Å². The molecule has 1 saturated heterocycles. The van der Waals surface area contributed by atoms with E-state index >= 15 is 0 Å². The number of nitrogens with one attached hydrogen (secondary N) is 1. The van der Waals surface area contributed by atoms with Gasteiger partial charge < -0.3 is 14.8 Å². The van der Waals surface area contributed by atoms with Gasteiger partial charge in [0.25, 0.3) is 0 Å². The van der Waals surface area contributed by atoms with Crippen molar-refractivity contribution in [1.29, 1.82) is 0 Å². The van der Waals surface area contributed by atoms with Crippen molar-refractivity contribution in [2.45, 2.75) is 23.8 Å². The van der Waals surface area contributed by atoms with E-state index in [1.807, 2.05) is 4.57 Å².